The van der Waals surface area contributed by atoms with E-state index in [0.717, 1.165) is 17.5 Å². The number of nitrogens with two attached hydrogens (primary N) is 1. The van der Waals surface area contributed by atoms with Crippen molar-refractivity contribution in [2.75, 3.05) is 0 Å². The molecule has 0 aliphatic carbocycles. The molecule has 3 N–H and O–H groups in total. The zero-order valence-corrected chi connectivity index (χ0v) is 9.12. The fourth-order valence-corrected chi connectivity index (χ4v) is 1.59. The molecule has 0 aliphatic rings. The fraction of sp³-hybridized carbons (Fsp3) is 0.500. The third-order valence-corrected chi connectivity index (χ3v) is 2.31. The molecule has 2 nitrogen and oxygen atoms in total. The minimum atomic E-state index is 0.0864. The Balaban J connectivity index is 3.01. The minimum Gasteiger partial charge on any atom is -0.507 e. The second-order valence-electron chi connectivity index (χ2n) is 4.19. The molecule has 1 atom stereocenters. The molecule has 14 heavy (non-hydrogen) atoms. The standard InChI is InChI=1S/C12H19NO/c1-8(2)11-6-4-5-10(12(11)14)7-9(3)13/h4-6,8-9,14H,7,13H2,1-3H3/t9-/m1/s1. The van der Waals surface area contributed by atoms with Crippen molar-refractivity contribution in [1.29, 1.82) is 0 Å². The number of benzene rings is 1. The van der Waals surface area contributed by atoms with Gasteiger partial charge >= 0.3 is 0 Å². The van der Waals surface area contributed by atoms with Gasteiger partial charge in [-0.15, -0.1) is 0 Å². The molecule has 1 aromatic carbocycles. The Morgan fingerprint density at radius 2 is 1.93 bits per heavy atom. The molecule has 1 rings (SSSR count). The molecule has 0 aromatic heterocycles. The predicted molar refractivity (Wildman–Crippen MR) is 59.5 cm³/mol. The van der Waals surface area contributed by atoms with Crippen molar-refractivity contribution in [3.05, 3.63) is 29.3 Å². The van der Waals surface area contributed by atoms with E-state index in [-0.39, 0.29) is 6.04 Å². The van der Waals surface area contributed by atoms with Gasteiger partial charge in [-0.1, -0.05) is 32.0 Å². The Hall–Kier alpha value is -1.02. The number of phenolic OH excluding ortho intramolecular Hbond substituents is 1. The van der Waals surface area contributed by atoms with Gasteiger partial charge in [0, 0.05) is 6.04 Å². The molecule has 78 valence electrons. The van der Waals surface area contributed by atoms with Crippen LogP contribution in [0.4, 0.5) is 0 Å². The summed E-state index contributed by atoms with van der Waals surface area (Å²) in [4.78, 5) is 0. The normalized spacial score (nSPS) is 13.2. The number of rotatable bonds is 3. The molecular formula is C12H19NO. The molecule has 0 spiro atoms. The van der Waals surface area contributed by atoms with E-state index in [1.165, 1.54) is 0 Å². The minimum absolute atomic E-state index is 0.0864. The molecule has 0 bridgehead atoms. The van der Waals surface area contributed by atoms with Crippen molar-refractivity contribution >= 4 is 0 Å². The van der Waals surface area contributed by atoms with Crippen molar-refractivity contribution < 1.29 is 5.11 Å². The third kappa shape index (κ3) is 2.48. The van der Waals surface area contributed by atoms with Crippen LogP contribution in [0.5, 0.6) is 5.75 Å². The van der Waals surface area contributed by atoms with Crippen molar-refractivity contribution in [1.82, 2.24) is 0 Å². The highest BCUT2D eigenvalue weighted by Crippen LogP contribution is 2.29. The van der Waals surface area contributed by atoms with Gasteiger partial charge in [0.15, 0.2) is 0 Å². The zero-order chi connectivity index (χ0) is 10.7. The second kappa shape index (κ2) is 4.47. The molecular weight excluding hydrogens is 174 g/mol. The Morgan fingerprint density at radius 1 is 1.29 bits per heavy atom. The molecule has 0 saturated heterocycles. The van der Waals surface area contributed by atoms with Crippen LogP contribution in [0, 0.1) is 0 Å². The summed E-state index contributed by atoms with van der Waals surface area (Å²) in [6.45, 7) is 6.09. The Bertz CT molecular complexity index is 305. The maximum Gasteiger partial charge on any atom is 0.122 e. The quantitative estimate of drug-likeness (QED) is 0.774. The van der Waals surface area contributed by atoms with E-state index in [9.17, 15) is 5.11 Å². The molecule has 0 unspecified atom stereocenters. The Labute approximate surface area is 85.8 Å². The Morgan fingerprint density at radius 3 is 2.43 bits per heavy atom. The lowest BCUT2D eigenvalue weighted by atomic mass is 9.96. The lowest BCUT2D eigenvalue weighted by molar-refractivity contribution is 0.455. The monoisotopic (exact) mass is 193 g/mol. The first-order chi connectivity index (χ1) is 6.52. The summed E-state index contributed by atoms with van der Waals surface area (Å²) in [5.74, 6) is 0.767. The van der Waals surface area contributed by atoms with Crippen LogP contribution in [-0.4, -0.2) is 11.1 Å². The molecule has 0 heterocycles. The highest BCUT2D eigenvalue weighted by atomic mass is 16.3. The van der Waals surface area contributed by atoms with E-state index in [1.54, 1.807) is 0 Å². The van der Waals surface area contributed by atoms with E-state index in [0.29, 0.717) is 11.7 Å². The maximum absolute atomic E-state index is 9.95. The summed E-state index contributed by atoms with van der Waals surface area (Å²) < 4.78 is 0. The maximum atomic E-state index is 9.95. The first-order valence-electron chi connectivity index (χ1n) is 5.08. The van der Waals surface area contributed by atoms with Gasteiger partial charge in [-0.2, -0.15) is 0 Å². The van der Waals surface area contributed by atoms with Crippen LogP contribution in [0.3, 0.4) is 0 Å². The average molecular weight is 193 g/mol. The summed E-state index contributed by atoms with van der Waals surface area (Å²) in [6.07, 6.45) is 0.729. The van der Waals surface area contributed by atoms with Crippen molar-refractivity contribution in [2.24, 2.45) is 5.73 Å². The SMILES string of the molecule is CC(C)c1cccc(C[C@@H](C)N)c1O. The number of aromatic hydroxyl groups is 1. The molecule has 0 aliphatic heterocycles. The second-order valence-corrected chi connectivity index (χ2v) is 4.19. The van der Waals surface area contributed by atoms with Crippen LogP contribution in [0.25, 0.3) is 0 Å². The van der Waals surface area contributed by atoms with Crippen LogP contribution in [0.1, 0.15) is 37.8 Å². The van der Waals surface area contributed by atoms with Crippen molar-refractivity contribution in [2.45, 2.75) is 39.2 Å². The Kier molecular flexibility index (Phi) is 3.53. The summed E-state index contributed by atoms with van der Waals surface area (Å²) in [5.41, 5.74) is 7.66. The van der Waals surface area contributed by atoms with E-state index in [2.05, 4.69) is 13.8 Å². The first-order valence-corrected chi connectivity index (χ1v) is 5.08. The third-order valence-electron chi connectivity index (χ3n) is 2.31. The van der Waals surface area contributed by atoms with Gasteiger partial charge in [-0.05, 0) is 30.4 Å². The topological polar surface area (TPSA) is 46.2 Å². The van der Waals surface area contributed by atoms with Crippen LogP contribution in [-0.2, 0) is 6.42 Å². The van der Waals surface area contributed by atoms with Crippen LogP contribution in [0.15, 0.2) is 18.2 Å². The number of phenols is 1. The number of para-hydroxylation sites is 1. The van der Waals surface area contributed by atoms with Gasteiger partial charge in [0.1, 0.15) is 5.75 Å². The van der Waals surface area contributed by atoms with Gasteiger partial charge in [0.2, 0.25) is 0 Å². The van der Waals surface area contributed by atoms with Crippen LogP contribution >= 0.6 is 0 Å². The zero-order valence-electron chi connectivity index (χ0n) is 9.12. The van der Waals surface area contributed by atoms with E-state index in [1.807, 2.05) is 25.1 Å². The van der Waals surface area contributed by atoms with Gasteiger partial charge in [-0.3, -0.25) is 0 Å². The summed E-state index contributed by atoms with van der Waals surface area (Å²) in [5, 5.41) is 9.95. The number of hydrogen-bond donors (Lipinski definition) is 2. The first kappa shape index (κ1) is 11.1. The summed E-state index contributed by atoms with van der Waals surface area (Å²) in [7, 11) is 0. The molecule has 1 aromatic rings. The van der Waals surface area contributed by atoms with Gasteiger partial charge in [0.25, 0.3) is 0 Å². The lowest BCUT2D eigenvalue weighted by Gasteiger charge is -2.13. The lowest BCUT2D eigenvalue weighted by Crippen LogP contribution is -2.18. The molecule has 0 radical (unpaired) electrons. The van der Waals surface area contributed by atoms with Crippen molar-refractivity contribution in [3.63, 3.8) is 0 Å². The van der Waals surface area contributed by atoms with Crippen LogP contribution < -0.4 is 5.73 Å². The predicted octanol–water partition coefficient (Wildman–Crippen LogP) is 2.41. The largest absolute Gasteiger partial charge is 0.507 e. The van der Waals surface area contributed by atoms with E-state index in [4.69, 9.17) is 5.73 Å². The molecule has 0 amide bonds. The molecule has 0 saturated carbocycles. The average Bonchev–Trinajstić information content (AvgIpc) is 2.07. The summed E-state index contributed by atoms with van der Waals surface area (Å²) in [6, 6.07) is 5.96. The van der Waals surface area contributed by atoms with Gasteiger partial charge < -0.3 is 10.8 Å². The van der Waals surface area contributed by atoms with Gasteiger partial charge in [0.05, 0.1) is 0 Å². The summed E-state index contributed by atoms with van der Waals surface area (Å²) >= 11 is 0. The van der Waals surface area contributed by atoms with Crippen molar-refractivity contribution in [3.8, 4) is 5.75 Å². The van der Waals surface area contributed by atoms with Gasteiger partial charge in [-0.25, -0.2) is 0 Å². The molecule has 0 fully saturated rings. The fourth-order valence-electron chi connectivity index (χ4n) is 1.59. The van der Waals surface area contributed by atoms with Crippen LogP contribution in [0.2, 0.25) is 0 Å². The van der Waals surface area contributed by atoms with E-state index < -0.39 is 0 Å². The smallest absolute Gasteiger partial charge is 0.122 e. The highest BCUT2D eigenvalue weighted by Gasteiger charge is 2.10. The highest BCUT2D eigenvalue weighted by molar-refractivity contribution is 5.42. The number of hydrogen-bond acceptors (Lipinski definition) is 2. The molecule has 2 heteroatoms. The van der Waals surface area contributed by atoms with E-state index >= 15 is 0 Å².